The van der Waals surface area contributed by atoms with Gasteiger partial charge in [-0.1, -0.05) is 0 Å². The van der Waals surface area contributed by atoms with Crippen molar-refractivity contribution in [2.24, 2.45) is 0 Å². The van der Waals surface area contributed by atoms with Gasteiger partial charge in [-0.2, -0.15) is 0 Å². The van der Waals surface area contributed by atoms with Crippen molar-refractivity contribution >= 4 is 15.9 Å². The minimum absolute atomic E-state index is 0.0145. The lowest BCUT2D eigenvalue weighted by Crippen LogP contribution is -2.35. The van der Waals surface area contributed by atoms with Crippen LogP contribution in [0.3, 0.4) is 0 Å². The molecule has 0 saturated heterocycles. The van der Waals surface area contributed by atoms with Crippen LogP contribution in [0.4, 0.5) is 4.39 Å². The van der Waals surface area contributed by atoms with Crippen LogP contribution >= 0.6 is 0 Å². The maximum Gasteiger partial charge on any atom is 0.280 e. The lowest BCUT2D eigenvalue weighted by Gasteiger charge is -2.17. The van der Waals surface area contributed by atoms with E-state index in [-0.39, 0.29) is 18.8 Å². The molecule has 0 aromatic heterocycles. The van der Waals surface area contributed by atoms with Crippen molar-refractivity contribution < 1.29 is 17.6 Å². The van der Waals surface area contributed by atoms with E-state index >= 15 is 0 Å². The summed E-state index contributed by atoms with van der Waals surface area (Å²) in [5.74, 6) is -1.48. The summed E-state index contributed by atoms with van der Waals surface area (Å²) >= 11 is 0. The van der Waals surface area contributed by atoms with Gasteiger partial charge in [0, 0.05) is 13.1 Å². The Morgan fingerprint density at radius 1 is 1.35 bits per heavy atom. The molecule has 1 rings (SSSR count). The summed E-state index contributed by atoms with van der Waals surface area (Å²) in [6.07, 6.45) is 2.20. The Kier molecular flexibility index (Phi) is 5.07. The van der Waals surface area contributed by atoms with Crippen LogP contribution in [-0.4, -0.2) is 33.2 Å². The molecular weight excluding hydrogens is 247 g/mol. The van der Waals surface area contributed by atoms with E-state index in [2.05, 4.69) is 10.0 Å². The summed E-state index contributed by atoms with van der Waals surface area (Å²) < 4.78 is 37.6. The maximum absolute atomic E-state index is 13.3. The molecule has 0 spiro atoms. The second-order valence-electron chi connectivity index (χ2n) is 3.82. The van der Waals surface area contributed by atoms with Crippen LogP contribution in [0.15, 0.2) is 11.4 Å². The van der Waals surface area contributed by atoms with Crippen LogP contribution in [0.25, 0.3) is 0 Å². The number of amides is 1. The van der Waals surface area contributed by atoms with Gasteiger partial charge < -0.3 is 5.32 Å². The molecule has 0 aromatic carbocycles. The van der Waals surface area contributed by atoms with E-state index in [1.54, 1.807) is 0 Å². The lowest BCUT2D eigenvalue weighted by atomic mass is 9.91. The predicted octanol–water partition coefficient (Wildman–Crippen LogP) is 0.449. The highest BCUT2D eigenvalue weighted by atomic mass is 32.2. The first kappa shape index (κ1) is 14.1. The normalized spacial score (nSPS) is 15.3. The van der Waals surface area contributed by atoms with Crippen LogP contribution in [0, 0.1) is 0 Å². The zero-order valence-corrected chi connectivity index (χ0v) is 10.6. The van der Waals surface area contributed by atoms with Crippen LogP contribution < -0.4 is 10.0 Å². The van der Waals surface area contributed by atoms with Gasteiger partial charge in [0.15, 0.2) is 5.83 Å². The van der Waals surface area contributed by atoms with Crippen LogP contribution in [-0.2, 0) is 14.8 Å². The topological polar surface area (TPSA) is 75.3 Å². The third-order valence-corrected chi connectivity index (χ3v) is 3.98. The number of nitrogens with one attached hydrogen (secondary N) is 2. The van der Waals surface area contributed by atoms with Crippen LogP contribution in [0.5, 0.6) is 0 Å². The Labute approximate surface area is 101 Å². The average molecular weight is 264 g/mol. The van der Waals surface area contributed by atoms with E-state index in [0.29, 0.717) is 18.4 Å². The molecule has 1 amide bonds. The predicted molar refractivity (Wildman–Crippen MR) is 62.5 cm³/mol. The molecule has 2 N–H and O–H groups in total. The number of halogens is 1. The summed E-state index contributed by atoms with van der Waals surface area (Å²) in [6.45, 7) is 1.67. The fraction of sp³-hybridized carbons (Fsp3) is 0.700. The molecule has 17 heavy (non-hydrogen) atoms. The van der Waals surface area contributed by atoms with E-state index in [0.717, 1.165) is 6.42 Å². The molecule has 98 valence electrons. The fourth-order valence-electron chi connectivity index (χ4n) is 1.30. The zero-order chi connectivity index (χ0) is 12.9. The van der Waals surface area contributed by atoms with Crippen molar-refractivity contribution in [1.82, 2.24) is 10.0 Å². The molecule has 0 aliphatic heterocycles. The van der Waals surface area contributed by atoms with Gasteiger partial charge in [0.2, 0.25) is 10.0 Å². The molecule has 5 nitrogen and oxygen atoms in total. The van der Waals surface area contributed by atoms with Crippen molar-refractivity contribution in [3.8, 4) is 0 Å². The second kappa shape index (κ2) is 6.11. The molecule has 0 heterocycles. The summed E-state index contributed by atoms with van der Waals surface area (Å²) in [6, 6.07) is 0. The Morgan fingerprint density at radius 3 is 2.47 bits per heavy atom. The fourth-order valence-corrected chi connectivity index (χ4v) is 1.91. The third kappa shape index (κ3) is 4.43. The monoisotopic (exact) mass is 264 g/mol. The van der Waals surface area contributed by atoms with Gasteiger partial charge in [-0.3, -0.25) is 4.79 Å². The first-order valence-corrected chi connectivity index (χ1v) is 7.24. The van der Waals surface area contributed by atoms with Gasteiger partial charge >= 0.3 is 0 Å². The van der Waals surface area contributed by atoms with E-state index in [1.807, 2.05) is 0 Å². The number of sulfonamides is 1. The third-order valence-electron chi connectivity index (χ3n) is 2.58. The maximum atomic E-state index is 13.3. The van der Waals surface area contributed by atoms with Crippen molar-refractivity contribution in [3.63, 3.8) is 0 Å². The Balaban J connectivity index is 2.25. The van der Waals surface area contributed by atoms with Gasteiger partial charge in [-0.05, 0) is 31.8 Å². The van der Waals surface area contributed by atoms with Crippen molar-refractivity contribution in [3.05, 3.63) is 11.4 Å². The molecule has 7 heteroatoms. The SMILES string of the molecule is CCS(=O)(=O)NCCNC(=O)C(F)=C1CCC1. The minimum Gasteiger partial charge on any atom is -0.349 e. The first-order valence-electron chi connectivity index (χ1n) is 5.59. The quantitative estimate of drug-likeness (QED) is 0.540. The van der Waals surface area contributed by atoms with Gasteiger partial charge in [-0.15, -0.1) is 0 Å². The van der Waals surface area contributed by atoms with E-state index in [4.69, 9.17) is 0 Å². The average Bonchev–Trinajstić information content (AvgIpc) is 2.21. The standard InChI is InChI=1S/C10H17FN2O3S/c1-2-17(15,16)13-7-6-12-10(14)9(11)8-4-3-5-8/h13H,2-7H2,1H3,(H,12,14). The highest BCUT2D eigenvalue weighted by Gasteiger charge is 2.19. The molecular formula is C10H17FN2O3S. The molecule has 0 unspecified atom stereocenters. The number of carbonyl (C=O) groups is 1. The van der Waals surface area contributed by atoms with Gasteiger partial charge in [0.05, 0.1) is 5.75 Å². The van der Waals surface area contributed by atoms with E-state index in [1.165, 1.54) is 6.92 Å². The zero-order valence-electron chi connectivity index (χ0n) is 9.75. The number of hydrogen-bond acceptors (Lipinski definition) is 3. The molecule has 0 radical (unpaired) electrons. The van der Waals surface area contributed by atoms with E-state index < -0.39 is 21.8 Å². The molecule has 1 fully saturated rings. The lowest BCUT2D eigenvalue weighted by molar-refractivity contribution is -0.119. The van der Waals surface area contributed by atoms with Crippen molar-refractivity contribution in [2.75, 3.05) is 18.8 Å². The van der Waals surface area contributed by atoms with Crippen LogP contribution in [0.1, 0.15) is 26.2 Å². The second-order valence-corrected chi connectivity index (χ2v) is 5.92. The Hall–Kier alpha value is -0.950. The number of allylic oxidation sites excluding steroid dienone is 1. The van der Waals surface area contributed by atoms with Gasteiger partial charge in [-0.25, -0.2) is 17.5 Å². The van der Waals surface area contributed by atoms with E-state index in [9.17, 15) is 17.6 Å². The van der Waals surface area contributed by atoms with Crippen LogP contribution in [0.2, 0.25) is 0 Å². The molecule has 0 aromatic rings. The Morgan fingerprint density at radius 2 is 2.00 bits per heavy atom. The van der Waals surface area contributed by atoms with Crippen molar-refractivity contribution in [1.29, 1.82) is 0 Å². The molecule has 1 saturated carbocycles. The smallest absolute Gasteiger partial charge is 0.280 e. The number of hydrogen-bond donors (Lipinski definition) is 2. The molecule has 0 bridgehead atoms. The Bertz CT molecular complexity index is 411. The minimum atomic E-state index is -3.25. The molecule has 1 aliphatic rings. The summed E-state index contributed by atoms with van der Waals surface area (Å²) in [4.78, 5) is 11.3. The summed E-state index contributed by atoms with van der Waals surface area (Å²) in [5, 5.41) is 2.33. The van der Waals surface area contributed by atoms with Gasteiger partial charge in [0.1, 0.15) is 0 Å². The number of rotatable bonds is 6. The summed E-state index contributed by atoms with van der Waals surface area (Å²) in [7, 11) is -3.25. The van der Waals surface area contributed by atoms with Gasteiger partial charge in [0.25, 0.3) is 5.91 Å². The summed E-state index contributed by atoms with van der Waals surface area (Å²) in [5.41, 5.74) is 0.552. The first-order chi connectivity index (χ1) is 7.96. The highest BCUT2D eigenvalue weighted by molar-refractivity contribution is 7.89. The molecule has 1 aliphatic carbocycles. The highest BCUT2D eigenvalue weighted by Crippen LogP contribution is 2.29. The molecule has 0 atom stereocenters. The van der Waals surface area contributed by atoms with Crippen molar-refractivity contribution in [2.45, 2.75) is 26.2 Å². The largest absolute Gasteiger partial charge is 0.349 e. The number of carbonyl (C=O) groups excluding carboxylic acids is 1.